The van der Waals surface area contributed by atoms with Gasteiger partial charge in [0.1, 0.15) is 5.57 Å². The first kappa shape index (κ1) is 14.3. The molecule has 0 saturated heterocycles. The van der Waals surface area contributed by atoms with E-state index in [2.05, 4.69) is 0 Å². The summed E-state index contributed by atoms with van der Waals surface area (Å²) < 4.78 is 71.5. The molecule has 0 aliphatic carbocycles. The average molecular weight is 235 g/mol. The van der Waals surface area contributed by atoms with Crippen molar-refractivity contribution in [3.05, 3.63) is 11.6 Å². The van der Waals surface area contributed by atoms with Gasteiger partial charge in [0.2, 0.25) is 0 Å². The maximum atomic E-state index is 11.9. The van der Waals surface area contributed by atoms with E-state index in [9.17, 15) is 26.3 Å². The number of allylic oxidation sites excluding steroid dienone is 2. The van der Waals surface area contributed by atoms with Crippen LogP contribution in [0.2, 0.25) is 0 Å². The van der Waals surface area contributed by atoms with E-state index in [1.807, 2.05) is 0 Å². The number of nitrogens with two attached hydrogens (primary N) is 1. The van der Waals surface area contributed by atoms with E-state index in [1.165, 1.54) is 6.92 Å². The molecular formula is C8H11F6N. The summed E-state index contributed by atoms with van der Waals surface area (Å²) in [6, 6.07) is -0.427. The van der Waals surface area contributed by atoms with Crippen molar-refractivity contribution in [3.8, 4) is 0 Å². The molecule has 0 aromatic heterocycles. The molecule has 0 radical (unpaired) electrons. The Morgan fingerprint density at radius 3 is 1.80 bits per heavy atom. The number of rotatable bonds is 3. The van der Waals surface area contributed by atoms with Gasteiger partial charge in [-0.15, -0.1) is 0 Å². The second-order valence-electron chi connectivity index (χ2n) is 3.17. The molecule has 0 rings (SSSR count). The lowest BCUT2D eigenvalue weighted by molar-refractivity contribution is -0.172. The molecule has 0 saturated carbocycles. The molecule has 15 heavy (non-hydrogen) atoms. The summed E-state index contributed by atoms with van der Waals surface area (Å²) in [6.07, 6.45) is -10.8. The fourth-order valence-corrected chi connectivity index (χ4v) is 0.883. The van der Waals surface area contributed by atoms with Crippen LogP contribution in [0.25, 0.3) is 0 Å². The molecule has 0 aliphatic heterocycles. The highest BCUT2D eigenvalue weighted by Gasteiger charge is 2.50. The van der Waals surface area contributed by atoms with Crippen molar-refractivity contribution < 1.29 is 26.3 Å². The summed E-state index contributed by atoms with van der Waals surface area (Å²) >= 11 is 0. The first-order valence-corrected chi connectivity index (χ1v) is 4.15. The van der Waals surface area contributed by atoms with Crippen LogP contribution in [0.1, 0.15) is 19.8 Å². The van der Waals surface area contributed by atoms with Crippen LogP contribution in [0.4, 0.5) is 26.3 Å². The Hall–Kier alpha value is -0.720. The summed E-state index contributed by atoms with van der Waals surface area (Å²) in [4.78, 5) is 0. The monoisotopic (exact) mass is 235 g/mol. The molecule has 0 fully saturated rings. The predicted molar refractivity (Wildman–Crippen MR) is 43.1 cm³/mol. The zero-order chi connectivity index (χ0) is 12.3. The Bertz CT molecular complexity index is 208. The van der Waals surface area contributed by atoms with E-state index in [0.29, 0.717) is 0 Å². The van der Waals surface area contributed by atoms with Gasteiger partial charge in [-0.3, -0.25) is 0 Å². The normalized spacial score (nSPS) is 14.9. The third-order valence-corrected chi connectivity index (χ3v) is 1.58. The Morgan fingerprint density at radius 2 is 1.53 bits per heavy atom. The lowest BCUT2D eigenvalue weighted by atomic mass is 10.1. The Balaban J connectivity index is 4.67. The van der Waals surface area contributed by atoms with Crippen molar-refractivity contribution in [2.75, 3.05) is 0 Å². The third kappa shape index (κ3) is 5.66. The smallest absolute Gasteiger partial charge is 0.328 e. The Kier molecular flexibility index (Phi) is 4.64. The fraction of sp³-hybridized carbons (Fsp3) is 0.750. The maximum Gasteiger partial charge on any atom is 0.420 e. The summed E-state index contributed by atoms with van der Waals surface area (Å²) in [5, 5.41) is 0. The molecular weight excluding hydrogens is 224 g/mol. The van der Waals surface area contributed by atoms with Crippen LogP contribution in [0.5, 0.6) is 0 Å². The highest BCUT2D eigenvalue weighted by Crippen LogP contribution is 2.38. The van der Waals surface area contributed by atoms with Gasteiger partial charge in [-0.25, -0.2) is 0 Å². The molecule has 0 spiro atoms. The highest BCUT2D eigenvalue weighted by atomic mass is 19.4. The van der Waals surface area contributed by atoms with E-state index in [0.717, 1.165) is 0 Å². The standard InChI is InChI=1S/C8H11F6N/c1-5(15)3-2-4-6(7(9,10)11)8(12,13)14/h4-5H,2-3,15H2,1H3. The SMILES string of the molecule is CC(N)CCC=C(C(F)(F)F)C(F)(F)F. The second kappa shape index (κ2) is 4.87. The Labute approximate surface area is 82.9 Å². The summed E-state index contributed by atoms with van der Waals surface area (Å²) in [6.45, 7) is 1.51. The summed E-state index contributed by atoms with van der Waals surface area (Å²) in [7, 11) is 0. The molecule has 2 N–H and O–H groups in total. The molecule has 1 unspecified atom stereocenters. The van der Waals surface area contributed by atoms with Crippen molar-refractivity contribution in [2.24, 2.45) is 5.73 Å². The maximum absolute atomic E-state index is 11.9. The average Bonchev–Trinajstić information content (AvgIpc) is 1.92. The van der Waals surface area contributed by atoms with Crippen molar-refractivity contribution in [2.45, 2.75) is 38.2 Å². The molecule has 0 aromatic carbocycles. The molecule has 0 aliphatic rings. The predicted octanol–water partition coefficient (Wildman–Crippen LogP) is 3.16. The van der Waals surface area contributed by atoms with Crippen LogP contribution in [0.15, 0.2) is 11.6 Å². The zero-order valence-corrected chi connectivity index (χ0v) is 7.91. The van der Waals surface area contributed by atoms with Gasteiger partial charge in [-0.1, -0.05) is 6.08 Å². The largest absolute Gasteiger partial charge is 0.420 e. The molecule has 1 atom stereocenters. The van der Waals surface area contributed by atoms with E-state index < -0.39 is 24.0 Å². The van der Waals surface area contributed by atoms with Gasteiger partial charge in [0.25, 0.3) is 0 Å². The molecule has 0 amide bonds. The number of hydrogen-bond donors (Lipinski definition) is 1. The van der Waals surface area contributed by atoms with Gasteiger partial charge in [-0.05, 0) is 19.8 Å². The quantitative estimate of drug-likeness (QED) is 0.590. The fourth-order valence-electron chi connectivity index (χ4n) is 0.883. The van der Waals surface area contributed by atoms with Gasteiger partial charge in [0, 0.05) is 6.04 Å². The van der Waals surface area contributed by atoms with Gasteiger partial charge < -0.3 is 5.73 Å². The molecule has 1 nitrogen and oxygen atoms in total. The number of hydrogen-bond acceptors (Lipinski definition) is 1. The lowest BCUT2D eigenvalue weighted by Gasteiger charge is -2.15. The Morgan fingerprint density at radius 1 is 1.13 bits per heavy atom. The van der Waals surface area contributed by atoms with E-state index in [4.69, 9.17) is 5.73 Å². The summed E-state index contributed by atoms with van der Waals surface area (Å²) in [5.41, 5.74) is 2.74. The van der Waals surface area contributed by atoms with Crippen molar-refractivity contribution in [1.29, 1.82) is 0 Å². The zero-order valence-electron chi connectivity index (χ0n) is 7.91. The first-order valence-electron chi connectivity index (χ1n) is 4.15. The lowest BCUT2D eigenvalue weighted by Crippen LogP contribution is -2.26. The van der Waals surface area contributed by atoms with Crippen LogP contribution in [-0.4, -0.2) is 18.4 Å². The molecule has 90 valence electrons. The first-order chi connectivity index (χ1) is 6.55. The van der Waals surface area contributed by atoms with Crippen LogP contribution in [0.3, 0.4) is 0 Å². The van der Waals surface area contributed by atoms with Gasteiger partial charge >= 0.3 is 12.4 Å². The molecule has 0 bridgehead atoms. The van der Waals surface area contributed by atoms with Crippen molar-refractivity contribution >= 4 is 0 Å². The summed E-state index contributed by atoms with van der Waals surface area (Å²) in [5.74, 6) is 0. The second-order valence-corrected chi connectivity index (χ2v) is 3.17. The van der Waals surface area contributed by atoms with Gasteiger partial charge in [0.15, 0.2) is 0 Å². The van der Waals surface area contributed by atoms with Crippen LogP contribution in [0, 0.1) is 0 Å². The highest BCUT2D eigenvalue weighted by molar-refractivity contribution is 5.15. The van der Waals surface area contributed by atoms with Crippen LogP contribution >= 0.6 is 0 Å². The topological polar surface area (TPSA) is 26.0 Å². The van der Waals surface area contributed by atoms with Crippen molar-refractivity contribution in [3.63, 3.8) is 0 Å². The molecule has 0 aromatic rings. The minimum absolute atomic E-state index is 0.0790. The number of alkyl halides is 6. The molecule has 7 heteroatoms. The minimum atomic E-state index is -5.36. The van der Waals surface area contributed by atoms with Crippen LogP contribution < -0.4 is 5.73 Å². The van der Waals surface area contributed by atoms with Crippen molar-refractivity contribution in [1.82, 2.24) is 0 Å². The minimum Gasteiger partial charge on any atom is -0.328 e. The van der Waals surface area contributed by atoms with E-state index in [-0.39, 0.29) is 18.9 Å². The van der Waals surface area contributed by atoms with E-state index in [1.54, 1.807) is 0 Å². The van der Waals surface area contributed by atoms with E-state index >= 15 is 0 Å². The van der Waals surface area contributed by atoms with Gasteiger partial charge in [-0.2, -0.15) is 26.3 Å². The number of halogens is 6. The van der Waals surface area contributed by atoms with Crippen LogP contribution in [-0.2, 0) is 0 Å². The third-order valence-electron chi connectivity index (χ3n) is 1.58. The van der Waals surface area contributed by atoms with Gasteiger partial charge in [0.05, 0.1) is 0 Å². The molecule has 0 heterocycles.